The van der Waals surface area contributed by atoms with Gasteiger partial charge >= 0.3 is 0 Å². The van der Waals surface area contributed by atoms with Crippen molar-refractivity contribution in [3.8, 4) is 5.75 Å². The second-order valence-electron chi connectivity index (χ2n) is 5.48. The first-order valence-electron chi connectivity index (χ1n) is 7.41. The molecule has 5 nitrogen and oxygen atoms in total. The first-order chi connectivity index (χ1) is 10.7. The molecule has 2 aromatic rings. The van der Waals surface area contributed by atoms with Crippen molar-refractivity contribution in [3.05, 3.63) is 47.2 Å². The smallest absolute Gasteiger partial charge is 0.157 e. The highest BCUT2D eigenvalue weighted by atomic mass is 35.5. The fourth-order valence-corrected chi connectivity index (χ4v) is 2.78. The second kappa shape index (κ2) is 7.13. The summed E-state index contributed by atoms with van der Waals surface area (Å²) in [5.41, 5.74) is 1.23. The number of rotatable bonds is 6. The molecule has 1 aromatic heterocycles. The predicted molar refractivity (Wildman–Crippen MR) is 85.4 cm³/mol. The third-order valence-electron chi connectivity index (χ3n) is 3.71. The SMILES string of the molecule is Cn1cc(O[C@@H]2COC[C@@H]2NCCc2cccc(Cl)c2)cn1. The average Bonchev–Trinajstić information content (AvgIpc) is 3.09. The Labute approximate surface area is 135 Å². The standard InChI is InChI=1S/C16H20ClN3O2/c1-20-9-14(8-19-20)22-16-11-21-10-15(16)18-6-5-12-3-2-4-13(17)7-12/h2-4,7-9,15-16,18H,5-6,10-11H2,1H3/t15-,16+/m0/s1. The van der Waals surface area contributed by atoms with Crippen LogP contribution in [0.1, 0.15) is 5.56 Å². The van der Waals surface area contributed by atoms with E-state index in [1.807, 2.05) is 31.4 Å². The summed E-state index contributed by atoms with van der Waals surface area (Å²) in [5.74, 6) is 0.777. The van der Waals surface area contributed by atoms with Gasteiger partial charge in [-0.15, -0.1) is 0 Å². The van der Waals surface area contributed by atoms with Gasteiger partial charge in [-0.25, -0.2) is 0 Å². The summed E-state index contributed by atoms with van der Waals surface area (Å²) >= 11 is 6.00. The minimum atomic E-state index is 0.0172. The van der Waals surface area contributed by atoms with E-state index in [2.05, 4.69) is 16.5 Å². The molecule has 1 aliphatic heterocycles. The summed E-state index contributed by atoms with van der Waals surface area (Å²) in [6, 6.07) is 8.14. The number of benzene rings is 1. The Bertz CT molecular complexity index is 617. The molecular formula is C16H20ClN3O2. The number of nitrogens with one attached hydrogen (secondary N) is 1. The molecule has 0 saturated carbocycles. The molecule has 0 spiro atoms. The van der Waals surface area contributed by atoms with E-state index in [0.717, 1.165) is 23.7 Å². The van der Waals surface area contributed by atoms with Crippen LogP contribution < -0.4 is 10.1 Å². The summed E-state index contributed by atoms with van der Waals surface area (Å²) in [6.45, 7) is 2.13. The Morgan fingerprint density at radius 3 is 3.14 bits per heavy atom. The van der Waals surface area contributed by atoms with Crippen molar-refractivity contribution in [2.45, 2.75) is 18.6 Å². The van der Waals surface area contributed by atoms with E-state index < -0.39 is 0 Å². The number of aromatic nitrogens is 2. The van der Waals surface area contributed by atoms with Crippen LogP contribution in [0.4, 0.5) is 0 Å². The lowest BCUT2D eigenvalue weighted by Gasteiger charge is -2.19. The molecule has 0 unspecified atom stereocenters. The zero-order valence-electron chi connectivity index (χ0n) is 12.5. The molecule has 0 bridgehead atoms. The number of halogens is 1. The largest absolute Gasteiger partial charge is 0.483 e. The lowest BCUT2D eigenvalue weighted by molar-refractivity contribution is 0.139. The normalized spacial score (nSPS) is 21.2. The fourth-order valence-electron chi connectivity index (χ4n) is 2.57. The van der Waals surface area contributed by atoms with E-state index in [1.54, 1.807) is 10.9 Å². The van der Waals surface area contributed by atoms with Crippen LogP contribution in [0.15, 0.2) is 36.7 Å². The molecule has 6 heteroatoms. The summed E-state index contributed by atoms with van der Waals surface area (Å²) < 4.78 is 13.2. The van der Waals surface area contributed by atoms with Crippen LogP contribution in [0.2, 0.25) is 5.02 Å². The van der Waals surface area contributed by atoms with E-state index in [-0.39, 0.29) is 12.1 Å². The maximum Gasteiger partial charge on any atom is 0.157 e. The van der Waals surface area contributed by atoms with Crippen LogP contribution in [0, 0.1) is 0 Å². The van der Waals surface area contributed by atoms with Crippen molar-refractivity contribution in [2.24, 2.45) is 7.05 Å². The van der Waals surface area contributed by atoms with Crippen molar-refractivity contribution in [1.29, 1.82) is 0 Å². The van der Waals surface area contributed by atoms with Crippen molar-refractivity contribution in [1.82, 2.24) is 15.1 Å². The van der Waals surface area contributed by atoms with E-state index in [1.165, 1.54) is 5.56 Å². The molecule has 1 fully saturated rings. The molecule has 0 amide bonds. The van der Waals surface area contributed by atoms with Crippen LogP contribution >= 0.6 is 11.6 Å². The Morgan fingerprint density at radius 1 is 1.45 bits per heavy atom. The van der Waals surface area contributed by atoms with Gasteiger partial charge in [-0.2, -0.15) is 5.10 Å². The first-order valence-corrected chi connectivity index (χ1v) is 7.79. The number of ether oxygens (including phenoxy) is 2. The molecule has 2 atom stereocenters. The molecule has 2 heterocycles. The third kappa shape index (κ3) is 4.00. The van der Waals surface area contributed by atoms with Gasteiger partial charge in [-0.05, 0) is 30.7 Å². The highest BCUT2D eigenvalue weighted by molar-refractivity contribution is 6.30. The van der Waals surface area contributed by atoms with E-state index >= 15 is 0 Å². The van der Waals surface area contributed by atoms with Gasteiger partial charge in [-0.3, -0.25) is 4.68 Å². The quantitative estimate of drug-likeness (QED) is 0.884. The van der Waals surface area contributed by atoms with Crippen molar-refractivity contribution < 1.29 is 9.47 Å². The van der Waals surface area contributed by atoms with Gasteiger partial charge in [0.25, 0.3) is 0 Å². The highest BCUT2D eigenvalue weighted by Crippen LogP contribution is 2.16. The molecule has 0 aliphatic carbocycles. The minimum absolute atomic E-state index is 0.0172. The molecule has 1 aliphatic rings. The van der Waals surface area contributed by atoms with E-state index in [9.17, 15) is 0 Å². The average molecular weight is 322 g/mol. The Hall–Kier alpha value is -1.56. The van der Waals surface area contributed by atoms with Crippen LogP contribution in [-0.4, -0.2) is 41.7 Å². The van der Waals surface area contributed by atoms with Gasteiger partial charge < -0.3 is 14.8 Å². The molecule has 3 rings (SSSR count). The first kappa shape index (κ1) is 15.3. The topological polar surface area (TPSA) is 48.3 Å². The number of aryl methyl sites for hydroxylation is 1. The van der Waals surface area contributed by atoms with Crippen LogP contribution in [0.3, 0.4) is 0 Å². The third-order valence-corrected chi connectivity index (χ3v) is 3.94. The van der Waals surface area contributed by atoms with Gasteiger partial charge in [0.15, 0.2) is 5.75 Å². The monoisotopic (exact) mass is 321 g/mol. The summed E-state index contributed by atoms with van der Waals surface area (Å²) in [6.07, 6.45) is 4.53. The lowest BCUT2D eigenvalue weighted by Crippen LogP contribution is -2.42. The molecular weight excluding hydrogens is 302 g/mol. The molecule has 22 heavy (non-hydrogen) atoms. The Morgan fingerprint density at radius 2 is 2.36 bits per heavy atom. The van der Waals surface area contributed by atoms with Crippen LogP contribution in [-0.2, 0) is 18.2 Å². The van der Waals surface area contributed by atoms with Gasteiger partial charge in [-0.1, -0.05) is 23.7 Å². The van der Waals surface area contributed by atoms with Gasteiger partial charge in [0.1, 0.15) is 6.10 Å². The van der Waals surface area contributed by atoms with Gasteiger partial charge in [0, 0.05) is 12.1 Å². The molecule has 0 radical (unpaired) electrons. The van der Waals surface area contributed by atoms with Gasteiger partial charge in [0.05, 0.1) is 31.6 Å². The predicted octanol–water partition coefficient (Wildman–Crippen LogP) is 2.05. The Balaban J connectivity index is 1.49. The van der Waals surface area contributed by atoms with E-state index in [4.69, 9.17) is 21.1 Å². The number of hydrogen-bond donors (Lipinski definition) is 1. The zero-order chi connectivity index (χ0) is 15.4. The molecule has 1 aromatic carbocycles. The number of hydrogen-bond acceptors (Lipinski definition) is 4. The van der Waals surface area contributed by atoms with Crippen LogP contribution in [0.5, 0.6) is 5.75 Å². The maximum atomic E-state index is 6.00. The van der Waals surface area contributed by atoms with E-state index in [0.29, 0.717) is 13.2 Å². The maximum absolute atomic E-state index is 6.00. The summed E-state index contributed by atoms with van der Waals surface area (Å²) in [4.78, 5) is 0. The second-order valence-corrected chi connectivity index (χ2v) is 5.92. The van der Waals surface area contributed by atoms with Crippen LogP contribution in [0.25, 0.3) is 0 Å². The molecule has 1 N–H and O–H groups in total. The molecule has 1 saturated heterocycles. The Kier molecular flexibility index (Phi) is 4.97. The van der Waals surface area contributed by atoms with Crippen molar-refractivity contribution >= 4 is 11.6 Å². The van der Waals surface area contributed by atoms with Crippen molar-refractivity contribution in [3.63, 3.8) is 0 Å². The summed E-state index contributed by atoms with van der Waals surface area (Å²) in [7, 11) is 1.87. The zero-order valence-corrected chi connectivity index (χ0v) is 13.3. The van der Waals surface area contributed by atoms with Crippen molar-refractivity contribution in [2.75, 3.05) is 19.8 Å². The fraction of sp³-hybridized carbons (Fsp3) is 0.438. The number of nitrogens with zero attached hydrogens (tertiary/aromatic N) is 2. The van der Waals surface area contributed by atoms with Gasteiger partial charge in [0.2, 0.25) is 0 Å². The highest BCUT2D eigenvalue weighted by Gasteiger charge is 2.29. The lowest BCUT2D eigenvalue weighted by atomic mass is 10.1. The minimum Gasteiger partial charge on any atom is -0.483 e. The molecule has 118 valence electrons. The summed E-state index contributed by atoms with van der Waals surface area (Å²) in [5, 5.41) is 8.40.